The van der Waals surface area contributed by atoms with Gasteiger partial charge in [0.1, 0.15) is 11.5 Å². The molecule has 0 radical (unpaired) electrons. The van der Waals surface area contributed by atoms with E-state index < -0.39 is 5.97 Å². The van der Waals surface area contributed by atoms with Crippen LogP contribution >= 0.6 is 0 Å². The van der Waals surface area contributed by atoms with Gasteiger partial charge in [-0.2, -0.15) is 5.10 Å². The minimum absolute atomic E-state index is 0.128. The zero-order valence-corrected chi connectivity index (χ0v) is 19.1. The lowest BCUT2D eigenvalue weighted by molar-refractivity contribution is -0.129. The Balaban J connectivity index is 1.39. The molecular weight excluding hydrogens is 428 g/mol. The average molecular weight is 457 g/mol. The van der Waals surface area contributed by atoms with Gasteiger partial charge in [-0.05, 0) is 72.0 Å². The fourth-order valence-electron chi connectivity index (χ4n) is 2.99. The van der Waals surface area contributed by atoms with Crippen molar-refractivity contribution in [1.29, 1.82) is 0 Å². The molecule has 3 aromatic carbocycles. The number of carbonyl (C=O) groups excluding carboxylic acids is 2. The van der Waals surface area contributed by atoms with Crippen molar-refractivity contribution in [2.45, 2.75) is 26.2 Å². The van der Waals surface area contributed by atoms with E-state index in [0.29, 0.717) is 11.5 Å². The molecule has 0 unspecified atom stereocenters. The summed E-state index contributed by atoms with van der Waals surface area (Å²) in [6.07, 6.45) is 7.92. The van der Waals surface area contributed by atoms with E-state index in [-0.39, 0.29) is 12.5 Å². The van der Waals surface area contributed by atoms with Crippen LogP contribution in [0.15, 0.2) is 90.0 Å². The standard InChI is InChI=1S/C28H28N2O4/c1-2-3-7-23-10-15-25(16-11-23)33-21-27(31)30-29-20-24-12-17-26(18-13-24)34-28(32)19-14-22-8-5-4-6-9-22/h4-6,8-20H,2-3,7,21H2,1H3,(H,30,31)/b19-14+,29-20-. The first-order valence-corrected chi connectivity index (χ1v) is 11.2. The smallest absolute Gasteiger partial charge is 0.336 e. The molecule has 0 aliphatic rings. The molecule has 34 heavy (non-hydrogen) atoms. The number of carbonyl (C=O) groups is 2. The second-order valence-corrected chi connectivity index (χ2v) is 7.56. The van der Waals surface area contributed by atoms with Crippen molar-refractivity contribution >= 4 is 24.2 Å². The number of hydrogen-bond donors (Lipinski definition) is 1. The molecule has 0 spiro atoms. The van der Waals surface area contributed by atoms with E-state index in [2.05, 4.69) is 17.5 Å². The Kier molecular flexibility index (Phi) is 9.62. The van der Waals surface area contributed by atoms with Gasteiger partial charge in [-0.3, -0.25) is 4.79 Å². The highest BCUT2D eigenvalue weighted by Crippen LogP contribution is 2.14. The van der Waals surface area contributed by atoms with Gasteiger partial charge in [-0.1, -0.05) is 55.8 Å². The first kappa shape index (κ1) is 24.5. The summed E-state index contributed by atoms with van der Waals surface area (Å²) in [4.78, 5) is 23.9. The van der Waals surface area contributed by atoms with Crippen molar-refractivity contribution in [3.8, 4) is 11.5 Å². The Morgan fingerprint density at radius 2 is 1.59 bits per heavy atom. The second kappa shape index (κ2) is 13.4. The lowest BCUT2D eigenvalue weighted by atomic mass is 10.1. The number of unbranched alkanes of at least 4 members (excludes halogenated alkanes) is 1. The van der Waals surface area contributed by atoms with Gasteiger partial charge in [-0.15, -0.1) is 0 Å². The van der Waals surface area contributed by atoms with E-state index in [0.717, 1.165) is 30.4 Å². The molecule has 0 aliphatic carbocycles. The molecular formula is C28H28N2O4. The monoisotopic (exact) mass is 456 g/mol. The van der Waals surface area contributed by atoms with Gasteiger partial charge in [0.25, 0.3) is 5.91 Å². The predicted octanol–water partition coefficient (Wildman–Crippen LogP) is 5.18. The fourth-order valence-corrected chi connectivity index (χ4v) is 2.99. The number of hydrazone groups is 1. The van der Waals surface area contributed by atoms with Crippen molar-refractivity contribution in [1.82, 2.24) is 5.43 Å². The van der Waals surface area contributed by atoms with Crippen LogP contribution in [-0.2, 0) is 16.0 Å². The van der Waals surface area contributed by atoms with Gasteiger partial charge in [0.05, 0.1) is 6.21 Å². The Morgan fingerprint density at radius 1 is 0.882 bits per heavy atom. The number of nitrogens with one attached hydrogen (secondary N) is 1. The predicted molar refractivity (Wildman–Crippen MR) is 134 cm³/mol. The summed E-state index contributed by atoms with van der Waals surface area (Å²) in [6.45, 7) is 2.04. The Morgan fingerprint density at radius 3 is 2.29 bits per heavy atom. The summed E-state index contributed by atoms with van der Waals surface area (Å²) in [5.41, 5.74) is 5.34. The van der Waals surface area contributed by atoms with Crippen LogP contribution in [0.25, 0.3) is 6.08 Å². The van der Waals surface area contributed by atoms with Gasteiger partial charge < -0.3 is 9.47 Å². The SMILES string of the molecule is CCCCc1ccc(OCC(=O)N/N=C\c2ccc(OC(=O)/C=C/c3ccccc3)cc2)cc1. The van der Waals surface area contributed by atoms with E-state index >= 15 is 0 Å². The van der Waals surface area contributed by atoms with Crippen molar-refractivity contribution in [2.24, 2.45) is 5.10 Å². The fraction of sp³-hybridized carbons (Fsp3) is 0.179. The third kappa shape index (κ3) is 8.74. The summed E-state index contributed by atoms with van der Waals surface area (Å²) in [6, 6.07) is 24.0. The lowest BCUT2D eigenvalue weighted by Crippen LogP contribution is -2.24. The maximum absolute atomic E-state index is 11.9. The third-order valence-electron chi connectivity index (χ3n) is 4.83. The molecule has 0 fully saturated rings. The zero-order chi connectivity index (χ0) is 24.0. The molecule has 0 saturated carbocycles. The molecule has 1 amide bonds. The van der Waals surface area contributed by atoms with Crippen molar-refractivity contribution < 1.29 is 19.1 Å². The Labute approximate surface area is 199 Å². The van der Waals surface area contributed by atoms with Crippen LogP contribution in [0.2, 0.25) is 0 Å². The van der Waals surface area contributed by atoms with Crippen LogP contribution < -0.4 is 14.9 Å². The van der Waals surface area contributed by atoms with Crippen molar-refractivity contribution in [2.75, 3.05) is 6.61 Å². The van der Waals surface area contributed by atoms with E-state index in [1.165, 1.54) is 17.9 Å². The van der Waals surface area contributed by atoms with Crippen molar-refractivity contribution in [3.63, 3.8) is 0 Å². The number of aryl methyl sites for hydroxylation is 1. The zero-order valence-electron chi connectivity index (χ0n) is 19.1. The molecule has 0 aliphatic heterocycles. The molecule has 1 N–H and O–H groups in total. The first-order chi connectivity index (χ1) is 16.6. The lowest BCUT2D eigenvalue weighted by Gasteiger charge is -2.06. The van der Waals surface area contributed by atoms with Gasteiger partial charge in [0.2, 0.25) is 0 Å². The quantitative estimate of drug-likeness (QED) is 0.142. The summed E-state index contributed by atoms with van der Waals surface area (Å²) < 4.78 is 10.8. The molecule has 0 bridgehead atoms. The van der Waals surface area contributed by atoms with Gasteiger partial charge >= 0.3 is 5.97 Å². The minimum atomic E-state index is -0.465. The number of esters is 1. The minimum Gasteiger partial charge on any atom is -0.484 e. The first-order valence-electron chi connectivity index (χ1n) is 11.2. The highest BCUT2D eigenvalue weighted by atomic mass is 16.5. The van der Waals surface area contributed by atoms with Gasteiger partial charge in [0, 0.05) is 6.08 Å². The van der Waals surface area contributed by atoms with E-state index in [1.54, 1.807) is 30.3 Å². The van der Waals surface area contributed by atoms with Crippen LogP contribution in [-0.4, -0.2) is 24.7 Å². The summed E-state index contributed by atoms with van der Waals surface area (Å²) in [5.74, 6) is 0.233. The number of rotatable bonds is 11. The van der Waals surface area contributed by atoms with Crippen LogP contribution in [0.4, 0.5) is 0 Å². The Hall–Kier alpha value is -4.19. The third-order valence-corrected chi connectivity index (χ3v) is 4.83. The molecule has 6 heteroatoms. The molecule has 0 atom stereocenters. The highest BCUT2D eigenvalue weighted by Gasteiger charge is 2.03. The Bertz CT molecular complexity index is 1110. The van der Waals surface area contributed by atoms with Crippen LogP contribution in [0.5, 0.6) is 11.5 Å². The van der Waals surface area contributed by atoms with Crippen LogP contribution in [0.1, 0.15) is 36.5 Å². The normalized spacial score (nSPS) is 11.0. The second-order valence-electron chi connectivity index (χ2n) is 7.56. The molecule has 3 rings (SSSR count). The van der Waals surface area contributed by atoms with E-state index in [4.69, 9.17) is 9.47 Å². The molecule has 6 nitrogen and oxygen atoms in total. The summed E-state index contributed by atoms with van der Waals surface area (Å²) >= 11 is 0. The number of benzene rings is 3. The van der Waals surface area contributed by atoms with Crippen molar-refractivity contribution in [3.05, 3.63) is 102 Å². The molecule has 0 aromatic heterocycles. The molecule has 0 saturated heterocycles. The topological polar surface area (TPSA) is 77.0 Å². The summed E-state index contributed by atoms with van der Waals surface area (Å²) in [5, 5.41) is 3.93. The maximum atomic E-state index is 11.9. The number of hydrogen-bond acceptors (Lipinski definition) is 5. The van der Waals surface area contributed by atoms with Gasteiger partial charge in [-0.25, -0.2) is 10.2 Å². The summed E-state index contributed by atoms with van der Waals surface area (Å²) in [7, 11) is 0. The molecule has 174 valence electrons. The largest absolute Gasteiger partial charge is 0.484 e. The number of amides is 1. The van der Waals surface area contributed by atoms with E-state index in [1.807, 2.05) is 54.6 Å². The maximum Gasteiger partial charge on any atom is 0.336 e. The van der Waals surface area contributed by atoms with Crippen LogP contribution in [0, 0.1) is 0 Å². The number of ether oxygens (including phenoxy) is 2. The molecule has 0 heterocycles. The average Bonchev–Trinajstić information content (AvgIpc) is 2.87. The van der Waals surface area contributed by atoms with E-state index in [9.17, 15) is 9.59 Å². The molecule has 3 aromatic rings. The van der Waals surface area contributed by atoms with Gasteiger partial charge in [0.15, 0.2) is 6.61 Å². The number of nitrogens with zero attached hydrogens (tertiary/aromatic N) is 1. The highest BCUT2D eigenvalue weighted by molar-refractivity contribution is 5.89. The van der Waals surface area contributed by atoms with Crippen LogP contribution in [0.3, 0.4) is 0 Å².